The summed E-state index contributed by atoms with van der Waals surface area (Å²) in [6.07, 6.45) is 0. The molecular formula is C12H17FN2. The molecule has 0 aromatic heterocycles. The van der Waals surface area contributed by atoms with E-state index in [9.17, 15) is 4.39 Å². The molecule has 2 nitrogen and oxygen atoms in total. The third kappa shape index (κ3) is 2.29. The third-order valence-corrected chi connectivity index (χ3v) is 2.88. The summed E-state index contributed by atoms with van der Waals surface area (Å²) in [7, 11) is 0. The number of hydrogen-bond donors (Lipinski definition) is 1. The van der Waals surface area contributed by atoms with Gasteiger partial charge in [-0.05, 0) is 37.6 Å². The molecule has 82 valence electrons. The van der Waals surface area contributed by atoms with Gasteiger partial charge in [-0.15, -0.1) is 0 Å². The molecule has 1 aromatic carbocycles. The molecule has 0 amide bonds. The predicted octanol–water partition coefficient (Wildman–Crippen LogP) is 1.93. The Balaban J connectivity index is 2.18. The van der Waals surface area contributed by atoms with Crippen molar-refractivity contribution < 1.29 is 4.39 Å². The van der Waals surface area contributed by atoms with Gasteiger partial charge in [-0.25, -0.2) is 4.39 Å². The van der Waals surface area contributed by atoms with Crippen LogP contribution in [0.5, 0.6) is 0 Å². The van der Waals surface area contributed by atoms with Gasteiger partial charge >= 0.3 is 0 Å². The van der Waals surface area contributed by atoms with Crippen molar-refractivity contribution in [3.05, 3.63) is 29.6 Å². The van der Waals surface area contributed by atoms with Gasteiger partial charge in [0, 0.05) is 31.4 Å². The highest BCUT2D eigenvalue weighted by Crippen LogP contribution is 2.19. The molecule has 0 radical (unpaired) electrons. The van der Waals surface area contributed by atoms with E-state index in [2.05, 4.69) is 17.1 Å². The highest BCUT2D eigenvalue weighted by molar-refractivity contribution is 5.49. The molecule has 1 N–H and O–H groups in total. The molecule has 0 aliphatic carbocycles. The van der Waals surface area contributed by atoms with Crippen LogP contribution in [0.2, 0.25) is 0 Å². The van der Waals surface area contributed by atoms with E-state index in [0.29, 0.717) is 6.04 Å². The monoisotopic (exact) mass is 208 g/mol. The lowest BCUT2D eigenvalue weighted by Crippen LogP contribution is -2.49. The molecular weight excluding hydrogens is 191 g/mol. The number of hydrogen-bond acceptors (Lipinski definition) is 2. The Hall–Kier alpha value is -1.09. The number of nitrogens with zero attached hydrogens (tertiary/aromatic N) is 1. The summed E-state index contributed by atoms with van der Waals surface area (Å²) in [5.41, 5.74) is 1.85. The molecule has 0 bridgehead atoms. The van der Waals surface area contributed by atoms with Crippen molar-refractivity contribution >= 4 is 5.69 Å². The van der Waals surface area contributed by atoms with E-state index in [1.807, 2.05) is 19.1 Å². The van der Waals surface area contributed by atoms with Gasteiger partial charge in [-0.1, -0.05) is 0 Å². The first-order valence-corrected chi connectivity index (χ1v) is 5.41. The zero-order valence-corrected chi connectivity index (χ0v) is 9.26. The summed E-state index contributed by atoms with van der Waals surface area (Å²) in [5, 5.41) is 3.39. The van der Waals surface area contributed by atoms with Crippen molar-refractivity contribution in [1.29, 1.82) is 0 Å². The smallest absolute Gasteiger partial charge is 0.126 e. The maximum Gasteiger partial charge on any atom is 0.126 e. The van der Waals surface area contributed by atoms with Crippen molar-refractivity contribution in [2.24, 2.45) is 0 Å². The molecule has 1 atom stereocenters. The number of benzene rings is 1. The molecule has 0 saturated carbocycles. The van der Waals surface area contributed by atoms with Gasteiger partial charge in [-0.2, -0.15) is 0 Å². The fraction of sp³-hybridized carbons (Fsp3) is 0.500. The van der Waals surface area contributed by atoms with Gasteiger partial charge in [0.1, 0.15) is 5.82 Å². The summed E-state index contributed by atoms with van der Waals surface area (Å²) < 4.78 is 13.1. The first-order valence-electron chi connectivity index (χ1n) is 5.41. The molecule has 1 aliphatic rings. The first kappa shape index (κ1) is 10.4. The lowest BCUT2D eigenvalue weighted by molar-refractivity contribution is 0.484. The van der Waals surface area contributed by atoms with Crippen LogP contribution in [-0.2, 0) is 0 Å². The fourth-order valence-corrected chi connectivity index (χ4v) is 1.99. The zero-order valence-electron chi connectivity index (χ0n) is 9.26. The maximum atomic E-state index is 13.1. The summed E-state index contributed by atoms with van der Waals surface area (Å²) >= 11 is 0. The van der Waals surface area contributed by atoms with Crippen LogP contribution < -0.4 is 10.2 Å². The molecule has 1 heterocycles. The normalized spacial score (nSPS) is 21.8. The lowest BCUT2D eigenvalue weighted by atomic mass is 10.1. The second kappa shape index (κ2) is 4.19. The Labute approximate surface area is 90.1 Å². The van der Waals surface area contributed by atoms with Gasteiger partial charge in [0.15, 0.2) is 0 Å². The Morgan fingerprint density at radius 2 is 2.27 bits per heavy atom. The van der Waals surface area contributed by atoms with E-state index >= 15 is 0 Å². The topological polar surface area (TPSA) is 15.3 Å². The van der Waals surface area contributed by atoms with Crippen molar-refractivity contribution in [1.82, 2.24) is 5.32 Å². The van der Waals surface area contributed by atoms with Gasteiger partial charge in [0.2, 0.25) is 0 Å². The van der Waals surface area contributed by atoms with E-state index in [4.69, 9.17) is 0 Å². The number of rotatable bonds is 1. The molecule has 0 spiro atoms. The standard InChI is InChI=1S/C12H17FN2/c1-9-7-11(3-4-12(9)13)15-6-5-14-10(2)8-15/h3-4,7,10,14H,5-6,8H2,1-2H3. The van der Waals surface area contributed by atoms with Gasteiger partial charge in [-0.3, -0.25) is 0 Å². The number of aryl methyl sites for hydroxylation is 1. The van der Waals surface area contributed by atoms with E-state index in [1.54, 1.807) is 6.07 Å². The van der Waals surface area contributed by atoms with Crippen LogP contribution in [0.15, 0.2) is 18.2 Å². The Bertz CT molecular complexity index is 351. The largest absolute Gasteiger partial charge is 0.369 e. The van der Waals surface area contributed by atoms with Crippen LogP contribution in [-0.4, -0.2) is 25.7 Å². The van der Waals surface area contributed by atoms with Gasteiger partial charge < -0.3 is 10.2 Å². The second-order valence-corrected chi connectivity index (χ2v) is 4.23. The third-order valence-electron chi connectivity index (χ3n) is 2.88. The number of nitrogens with one attached hydrogen (secondary N) is 1. The zero-order chi connectivity index (χ0) is 10.8. The number of halogens is 1. The minimum absolute atomic E-state index is 0.123. The Kier molecular flexibility index (Phi) is 2.91. The summed E-state index contributed by atoms with van der Waals surface area (Å²) in [6.45, 7) is 6.96. The molecule has 1 fully saturated rings. The molecule has 1 unspecified atom stereocenters. The quantitative estimate of drug-likeness (QED) is 0.758. The van der Waals surface area contributed by atoms with Crippen LogP contribution >= 0.6 is 0 Å². The van der Waals surface area contributed by atoms with Crippen molar-refractivity contribution in [3.8, 4) is 0 Å². The van der Waals surface area contributed by atoms with Crippen molar-refractivity contribution in [2.75, 3.05) is 24.5 Å². The highest BCUT2D eigenvalue weighted by atomic mass is 19.1. The molecule has 1 aliphatic heterocycles. The van der Waals surface area contributed by atoms with Crippen LogP contribution in [0, 0.1) is 12.7 Å². The first-order chi connectivity index (χ1) is 7.16. The highest BCUT2D eigenvalue weighted by Gasteiger charge is 2.16. The lowest BCUT2D eigenvalue weighted by Gasteiger charge is -2.33. The minimum atomic E-state index is -0.123. The average Bonchev–Trinajstić information content (AvgIpc) is 2.22. The summed E-state index contributed by atoms with van der Waals surface area (Å²) in [5.74, 6) is -0.123. The number of piperazine rings is 1. The van der Waals surface area contributed by atoms with Crippen LogP contribution in [0.3, 0.4) is 0 Å². The molecule has 1 saturated heterocycles. The van der Waals surface area contributed by atoms with E-state index < -0.39 is 0 Å². The second-order valence-electron chi connectivity index (χ2n) is 4.23. The summed E-state index contributed by atoms with van der Waals surface area (Å²) in [4.78, 5) is 2.30. The Morgan fingerprint density at radius 1 is 1.47 bits per heavy atom. The van der Waals surface area contributed by atoms with Gasteiger partial charge in [0.05, 0.1) is 0 Å². The van der Waals surface area contributed by atoms with Crippen molar-refractivity contribution in [3.63, 3.8) is 0 Å². The van der Waals surface area contributed by atoms with Crippen LogP contribution in [0.25, 0.3) is 0 Å². The van der Waals surface area contributed by atoms with Crippen LogP contribution in [0.1, 0.15) is 12.5 Å². The molecule has 15 heavy (non-hydrogen) atoms. The minimum Gasteiger partial charge on any atom is -0.369 e. The number of anilines is 1. The van der Waals surface area contributed by atoms with E-state index in [1.165, 1.54) is 0 Å². The molecule has 3 heteroatoms. The average molecular weight is 208 g/mol. The summed E-state index contributed by atoms with van der Waals surface area (Å²) in [6, 6.07) is 5.84. The van der Waals surface area contributed by atoms with Crippen molar-refractivity contribution in [2.45, 2.75) is 19.9 Å². The Morgan fingerprint density at radius 3 is 2.93 bits per heavy atom. The molecule has 2 rings (SSSR count). The maximum absolute atomic E-state index is 13.1. The van der Waals surface area contributed by atoms with E-state index in [-0.39, 0.29) is 5.82 Å². The van der Waals surface area contributed by atoms with Crippen LogP contribution in [0.4, 0.5) is 10.1 Å². The SMILES string of the molecule is Cc1cc(N2CCNC(C)C2)ccc1F. The predicted molar refractivity (Wildman–Crippen MR) is 60.8 cm³/mol. The molecule has 1 aromatic rings. The fourth-order valence-electron chi connectivity index (χ4n) is 1.99. The van der Waals surface area contributed by atoms with E-state index in [0.717, 1.165) is 30.9 Å². The van der Waals surface area contributed by atoms with Gasteiger partial charge in [0.25, 0.3) is 0 Å².